The lowest BCUT2D eigenvalue weighted by Gasteiger charge is -2.07. The lowest BCUT2D eigenvalue weighted by molar-refractivity contribution is 0.472. The highest BCUT2D eigenvalue weighted by molar-refractivity contribution is 7.85. The second-order valence-electron chi connectivity index (χ2n) is 2.06. The van der Waals surface area contributed by atoms with Crippen molar-refractivity contribution < 1.29 is 13.0 Å². The Morgan fingerprint density at radius 1 is 1.29 bits per heavy atom. The van der Waals surface area contributed by atoms with Gasteiger partial charge in [0.25, 0.3) is 5.16 Å². The van der Waals surface area contributed by atoms with Crippen LogP contribution in [0.1, 0.15) is 5.82 Å². The van der Waals surface area contributed by atoms with E-state index >= 15 is 0 Å². The standard InChI is InChI=1S/C4H2Cl3N3O3S/c5-4(6,7)2-8-1-9-3(10-2)14(11,12)13/h1H,(H,11,12,13). The van der Waals surface area contributed by atoms with Crippen LogP contribution >= 0.6 is 34.8 Å². The molecule has 0 atom stereocenters. The van der Waals surface area contributed by atoms with E-state index in [-0.39, 0.29) is 5.82 Å². The van der Waals surface area contributed by atoms with E-state index in [0.717, 1.165) is 6.33 Å². The first-order valence-electron chi connectivity index (χ1n) is 2.95. The number of nitrogens with zero attached hydrogens (tertiary/aromatic N) is 3. The molecular weight excluding hydrogens is 276 g/mol. The van der Waals surface area contributed by atoms with Gasteiger partial charge in [-0.2, -0.15) is 13.4 Å². The first-order chi connectivity index (χ1) is 6.21. The van der Waals surface area contributed by atoms with Crippen LogP contribution < -0.4 is 0 Å². The summed E-state index contributed by atoms with van der Waals surface area (Å²) in [6.45, 7) is 0. The molecule has 0 aliphatic carbocycles. The Labute approximate surface area is 94.0 Å². The zero-order chi connectivity index (χ0) is 11.0. The van der Waals surface area contributed by atoms with Crippen molar-refractivity contribution in [1.82, 2.24) is 15.0 Å². The molecule has 0 saturated heterocycles. The summed E-state index contributed by atoms with van der Waals surface area (Å²) < 4.78 is 27.8. The number of hydrogen-bond donors (Lipinski definition) is 1. The molecule has 0 aliphatic heterocycles. The minimum Gasteiger partial charge on any atom is -0.279 e. The second-order valence-corrected chi connectivity index (χ2v) is 5.66. The minimum atomic E-state index is -4.52. The minimum absolute atomic E-state index is 0.384. The van der Waals surface area contributed by atoms with Gasteiger partial charge in [0.1, 0.15) is 6.33 Å². The van der Waals surface area contributed by atoms with Gasteiger partial charge in [-0.05, 0) is 0 Å². The Balaban J connectivity index is 3.29. The molecule has 1 aromatic rings. The Hall–Kier alpha value is -0.210. The number of halogens is 3. The van der Waals surface area contributed by atoms with Gasteiger partial charge in [-0.3, -0.25) is 4.55 Å². The van der Waals surface area contributed by atoms with Crippen molar-refractivity contribution in [3.63, 3.8) is 0 Å². The summed E-state index contributed by atoms with van der Waals surface area (Å²) in [6, 6.07) is 0. The van der Waals surface area contributed by atoms with Gasteiger partial charge in [-0.1, -0.05) is 34.8 Å². The molecule has 10 heteroatoms. The Kier molecular flexibility index (Phi) is 3.17. The van der Waals surface area contributed by atoms with Crippen LogP contribution in [0.15, 0.2) is 11.5 Å². The van der Waals surface area contributed by atoms with Gasteiger partial charge >= 0.3 is 10.1 Å². The molecule has 0 saturated carbocycles. The quantitative estimate of drug-likeness (QED) is 0.607. The van der Waals surface area contributed by atoms with Crippen LogP contribution in [0, 0.1) is 0 Å². The highest BCUT2D eigenvalue weighted by atomic mass is 35.6. The van der Waals surface area contributed by atoms with Crippen LogP contribution in [-0.2, 0) is 13.9 Å². The molecule has 0 aromatic carbocycles. The van der Waals surface area contributed by atoms with Crippen molar-refractivity contribution in [2.24, 2.45) is 0 Å². The fourth-order valence-electron chi connectivity index (χ4n) is 0.542. The molecule has 0 bridgehead atoms. The zero-order valence-electron chi connectivity index (χ0n) is 6.22. The van der Waals surface area contributed by atoms with E-state index in [4.69, 9.17) is 39.4 Å². The normalized spacial score (nSPS) is 12.9. The van der Waals surface area contributed by atoms with Crippen LogP contribution in [0.5, 0.6) is 0 Å². The van der Waals surface area contributed by atoms with Gasteiger partial charge in [0.05, 0.1) is 0 Å². The maximum atomic E-state index is 10.6. The average Bonchev–Trinajstić information content (AvgIpc) is 2.01. The average molecular weight is 279 g/mol. The number of hydrogen-bond acceptors (Lipinski definition) is 5. The van der Waals surface area contributed by atoms with Crippen LogP contribution in [0.4, 0.5) is 0 Å². The number of rotatable bonds is 1. The van der Waals surface area contributed by atoms with Gasteiger partial charge in [0.15, 0.2) is 5.82 Å². The van der Waals surface area contributed by atoms with Crippen LogP contribution in [0.2, 0.25) is 0 Å². The molecule has 78 valence electrons. The molecule has 14 heavy (non-hydrogen) atoms. The van der Waals surface area contributed by atoms with Crippen molar-refractivity contribution >= 4 is 44.9 Å². The summed E-state index contributed by atoms with van der Waals surface area (Å²) in [7, 11) is -4.52. The molecule has 0 unspecified atom stereocenters. The summed E-state index contributed by atoms with van der Waals surface area (Å²) in [5, 5.41) is -0.867. The van der Waals surface area contributed by atoms with Gasteiger partial charge in [-0.15, -0.1) is 0 Å². The van der Waals surface area contributed by atoms with Crippen LogP contribution in [0.25, 0.3) is 0 Å². The molecule has 0 spiro atoms. The Bertz CT molecular complexity index is 443. The highest BCUT2D eigenvalue weighted by Crippen LogP contribution is 2.35. The molecule has 0 radical (unpaired) electrons. The molecule has 1 rings (SSSR count). The number of alkyl halides is 3. The van der Waals surface area contributed by atoms with E-state index in [9.17, 15) is 8.42 Å². The van der Waals surface area contributed by atoms with Crippen molar-refractivity contribution in [3.8, 4) is 0 Å². The Morgan fingerprint density at radius 3 is 2.29 bits per heavy atom. The molecule has 1 aromatic heterocycles. The fraction of sp³-hybridized carbons (Fsp3) is 0.250. The smallest absolute Gasteiger partial charge is 0.279 e. The van der Waals surface area contributed by atoms with E-state index in [0.29, 0.717) is 0 Å². The Morgan fingerprint density at radius 2 is 1.86 bits per heavy atom. The summed E-state index contributed by atoms with van der Waals surface area (Å²) in [4.78, 5) is 9.88. The third-order valence-electron chi connectivity index (χ3n) is 1.03. The molecule has 0 amide bonds. The summed E-state index contributed by atoms with van der Waals surface area (Å²) >= 11 is 16.1. The third kappa shape index (κ3) is 2.89. The summed E-state index contributed by atoms with van der Waals surface area (Å²) in [5.74, 6) is -0.384. The van der Waals surface area contributed by atoms with E-state index in [2.05, 4.69) is 15.0 Å². The topological polar surface area (TPSA) is 93.0 Å². The maximum Gasteiger partial charge on any atom is 0.330 e. The van der Waals surface area contributed by atoms with Crippen LogP contribution in [-0.4, -0.2) is 27.9 Å². The number of aromatic nitrogens is 3. The lowest BCUT2D eigenvalue weighted by atomic mass is 10.7. The van der Waals surface area contributed by atoms with E-state index < -0.39 is 19.1 Å². The van der Waals surface area contributed by atoms with Gasteiger partial charge in [0, 0.05) is 0 Å². The first kappa shape index (κ1) is 11.9. The van der Waals surface area contributed by atoms with Crippen molar-refractivity contribution in [3.05, 3.63) is 12.2 Å². The molecule has 6 nitrogen and oxygen atoms in total. The van der Waals surface area contributed by atoms with E-state index in [1.54, 1.807) is 0 Å². The molecule has 1 heterocycles. The molecule has 1 N–H and O–H groups in total. The second kappa shape index (κ2) is 3.74. The highest BCUT2D eigenvalue weighted by Gasteiger charge is 2.28. The van der Waals surface area contributed by atoms with Crippen molar-refractivity contribution in [1.29, 1.82) is 0 Å². The zero-order valence-corrected chi connectivity index (χ0v) is 9.31. The van der Waals surface area contributed by atoms with Gasteiger partial charge in [-0.25, -0.2) is 9.97 Å². The van der Waals surface area contributed by atoms with Gasteiger partial charge < -0.3 is 0 Å². The first-order valence-corrected chi connectivity index (χ1v) is 5.52. The van der Waals surface area contributed by atoms with Gasteiger partial charge in [0.2, 0.25) is 3.79 Å². The predicted molar refractivity (Wildman–Crippen MR) is 48.9 cm³/mol. The molecule has 0 aliphatic rings. The van der Waals surface area contributed by atoms with Crippen LogP contribution in [0.3, 0.4) is 0 Å². The largest absolute Gasteiger partial charge is 0.330 e. The molecular formula is C4H2Cl3N3O3S. The third-order valence-corrected chi connectivity index (χ3v) is 2.20. The van der Waals surface area contributed by atoms with E-state index in [1.807, 2.05) is 0 Å². The van der Waals surface area contributed by atoms with Crippen molar-refractivity contribution in [2.75, 3.05) is 0 Å². The fourth-order valence-corrected chi connectivity index (χ4v) is 1.20. The van der Waals surface area contributed by atoms with E-state index in [1.165, 1.54) is 0 Å². The maximum absolute atomic E-state index is 10.6. The predicted octanol–water partition coefficient (Wildman–Crippen LogP) is 0.945. The van der Waals surface area contributed by atoms with Crippen molar-refractivity contribution in [2.45, 2.75) is 8.95 Å². The summed E-state index contributed by atoms with van der Waals surface area (Å²) in [6.07, 6.45) is 0.813. The monoisotopic (exact) mass is 277 g/mol. The summed E-state index contributed by atoms with van der Waals surface area (Å²) in [5.41, 5.74) is 0. The SMILES string of the molecule is O=S(=O)(O)c1ncnc(C(Cl)(Cl)Cl)n1. The lowest BCUT2D eigenvalue weighted by Crippen LogP contribution is -2.13. The molecule has 0 fully saturated rings.